The predicted molar refractivity (Wildman–Crippen MR) is 87.9 cm³/mol. The van der Waals surface area contributed by atoms with Crippen LogP contribution in [0.4, 0.5) is 9.59 Å². The number of methoxy groups -OCH3 is 1. The fraction of sp³-hybridized carbons (Fsp3) is 0.375. The molecule has 1 saturated heterocycles. The van der Waals surface area contributed by atoms with Crippen molar-refractivity contribution in [2.24, 2.45) is 0 Å². The summed E-state index contributed by atoms with van der Waals surface area (Å²) in [5.41, 5.74) is -0.461. The average Bonchev–Trinajstić information content (AvgIpc) is 2.78. The van der Waals surface area contributed by atoms with Gasteiger partial charge >= 0.3 is 12.1 Å². The van der Waals surface area contributed by atoms with Gasteiger partial charge in [-0.15, -0.1) is 0 Å². The Bertz CT molecular complexity index is 720. The van der Waals surface area contributed by atoms with Gasteiger partial charge in [-0.05, 0) is 18.6 Å². The minimum Gasteiger partial charge on any atom is -0.496 e. The fourth-order valence-corrected chi connectivity index (χ4v) is 2.61. The lowest BCUT2D eigenvalue weighted by atomic mass is 9.92. The van der Waals surface area contributed by atoms with E-state index >= 15 is 0 Å². The van der Waals surface area contributed by atoms with E-state index in [0.717, 1.165) is 10.5 Å². The molecule has 0 aromatic heterocycles. The number of amides is 6. The Hall–Kier alpha value is -3.10. The maximum atomic E-state index is 12.7. The van der Waals surface area contributed by atoms with E-state index in [2.05, 4.69) is 10.6 Å². The Morgan fingerprint density at radius 1 is 1.28 bits per heavy atom. The van der Waals surface area contributed by atoms with E-state index < -0.39 is 36.0 Å². The predicted octanol–water partition coefficient (Wildman–Crippen LogP) is 0.00380. The molecule has 2 rings (SSSR count). The summed E-state index contributed by atoms with van der Waals surface area (Å²) in [5.74, 6) is -0.707. The summed E-state index contributed by atoms with van der Waals surface area (Å²) < 4.78 is 5.26. The van der Waals surface area contributed by atoms with Crippen molar-refractivity contribution >= 4 is 23.9 Å². The first-order chi connectivity index (χ1) is 11.8. The number of nitrogens with zero attached hydrogens (tertiary/aromatic N) is 1. The summed E-state index contributed by atoms with van der Waals surface area (Å²) in [5, 5.41) is 6.83. The Morgan fingerprint density at radius 2 is 1.96 bits per heavy atom. The molecule has 0 saturated carbocycles. The zero-order chi connectivity index (χ0) is 18.6. The molecule has 9 nitrogen and oxygen atoms in total. The van der Waals surface area contributed by atoms with Crippen LogP contribution >= 0.6 is 0 Å². The van der Waals surface area contributed by atoms with Crippen molar-refractivity contribution in [2.45, 2.75) is 18.9 Å². The van der Waals surface area contributed by atoms with Crippen molar-refractivity contribution < 1.29 is 23.9 Å². The number of ether oxygens (including phenoxy) is 1. The van der Waals surface area contributed by atoms with Crippen LogP contribution in [0.5, 0.6) is 5.75 Å². The lowest BCUT2D eigenvalue weighted by molar-refractivity contribution is -0.134. The third-order valence-electron chi connectivity index (χ3n) is 3.86. The molecule has 134 valence electrons. The van der Waals surface area contributed by atoms with Crippen LogP contribution in [0.1, 0.15) is 12.5 Å². The molecule has 1 aliphatic heterocycles. The monoisotopic (exact) mass is 348 g/mol. The standard InChI is InChI=1S/C16H20N4O5/c1-16(8-10-6-4-5-7-11(10)25-3)13(22)20(15(24)19-16)9-12(21)18-14(23)17-2/h4-7H,8-9H2,1-3H3,(H,19,24)(H2,17,18,21,23)/t16-/m1/s1. The van der Waals surface area contributed by atoms with Gasteiger partial charge in [0.15, 0.2) is 0 Å². The molecule has 25 heavy (non-hydrogen) atoms. The molecule has 1 aromatic rings. The zero-order valence-electron chi connectivity index (χ0n) is 14.2. The van der Waals surface area contributed by atoms with Gasteiger partial charge in [-0.1, -0.05) is 18.2 Å². The molecule has 0 aliphatic carbocycles. The third kappa shape index (κ3) is 3.87. The smallest absolute Gasteiger partial charge is 0.325 e. The number of benzene rings is 1. The molecule has 3 N–H and O–H groups in total. The summed E-state index contributed by atoms with van der Waals surface area (Å²) in [6.45, 7) is 1.04. The van der Waals surface area contributed by atoms with Gasteiger partial charge in [0, 0.05) is 13.5 Å². The van der Waals surface area contributed by atoms with Crippen LogP contribution in [-0.2, 0) is 16.0 Å². The van der Waals surface area contributed by atoms with Gasteiger partial charge in [0.25, 0.3) is 5.91 Å². The number of rotatable bonds is 5. The fourth-order valence-electron chi connectivity index (χ4n) is 2.61. The molecule has 1 aromatic carbocycles. The van der Waals surface area contributed by atoms with E-state index in [-0.39, 0.29) is 6.42 Å². The molecule has 1 atom stereocenters. The summed E-state index contributed by atoms with van der Waals surface area (Å²) in [6, 6.07) is 5.76. The van der Waals surface area contributed by atoms with Gasteiger partial charge in [-0.2, -0.15) is 0 Å². The van der Waals surface area contributed by atoms with Gasteiger partial charge < -0.3 is 15.4 Å². The van der Waals surface area contributed by atoms with E-state index in [0.29, 0.717) is 5.75 Å². The van der Waals surface area contributed by atoms with Crippen LogP contribution in [-0.4, -0.2) is 55.0 Å². The Kier molecular flexibility index (Phi) is 5.26. The summed E-state index contributed by atoms with van der Waals surface area (Å²) in [6.07, 6.45) is 0.204. The number of nitrogens with one attached hydrogen (secondary N) is 3. The SMILES string of the molecule is CNC(=O)NC(=O)CN1C(=O)N[C@](C)(Cc2ccccc2OC)C1=O. The molecule has 9 heteroatoms. The second kappa shape index (κ2) is 7.20. The first-order valence-electron chi connectivity index (χ1n) is 7.58. The number of imide groups is 2. The molecule has 0 radical (unpaired) electrons. The van der Waals surface area contributed by atoms with Gasteiger partial charge in [-0.3, -0.25) is 19.8 Å². The minimum atomic E-state index is -1.21. The van der Waals surface area contributed by atoms with E-state index in [1.165, 1.54) is 14.2 Å². The molecule has 6 amide bonds. The first kappa shape index (κ1) is 18.2. The van der Waals surface area contributed by atoms with Crippen molar-refractivity contribution in [3.63, 3.8) is 0 Å². The van der Waals surface area contributed by atoms with Crippen molar-refractivity contribution in [1.82, 2.24) is 20.9 Å². The molecular formula is C16H20N4O5. The van der Waals surface area contributed by atoms with Gasteiger partial charge in [0.1, 0.15) is 17.8 Å². The highest BCUT2D eigenvalue weighted by Gasteiger charge is 2.48. The quantitative estimate of drug-likeness (QED) is 0.648. The van der Waals surface area contributed by atoms with Crippen LogP contribution in [0.15, 0.2) is 24.3 Å². The van der Waals surface area contributed by atoms with Gasteiger partial charge in [0.2, 0.25) is 5.91 Å². The second-order valence-electron chi connectivity index (χ2n) is 5.77. The van der Waals surface area contributed by atoms with Crippen molar-refractivity contribution in [2.75, 3.05) is 20.7 Å². The second-order valence-corrected chi connectivity index (χ2v) is 5.77. The van der Waals surface area contributed by atoms with Crippen LogP contribution in [0.25, 0.3) is 0 Å². The molecular weight excluding hydrogens is 328 g/mol. The van der Waals surface area contributed by atoms with E-state index in [1.807, 2.05) is 5.32 Å². The highest BCUT2D eigenvalue weighted by atomic mass is 16.5. The maximum Gasteiger partial charge on any atom is 0.325 e. The van der Waals surface area contributed by atoms with Crippen molar-refractivity contribution in [1.29, 1.82) is 0 Å². The molecule has 0 spiro atoms. The first-order valence-corrected chi connectivity index (χ1v) is 7.58. The lowest BCUT2D eigenvalue weighted by Gasteiger charge is -2.22. The summed E-state index contributed by atoms with van der Waals surface area (Å²) in [7, 11) is 2.87. The number of para-hydroxylation sites is 1. The normalized spacial score (nSPS) is 19.4. The van der Waals surface area contributed by atoms with E-state index in [9.17, 15) is 19.2 Å². The van der Waals surface area contributed by atoms with Crippen LogP contribution < -0.4 is 20.7 Å². The van der Waals surface area contributed by atoms with Crippen molar-refractivity contribution in [3.8, 4) is 5.75 Å². The number of carbonyl (C=O) groups is 4. The summed E-state index contributed by atoms with van der Waals surface area (Å²) >= 11 is 0. The highest BCUT2D eigenvalue weighted by Crippen LogP contribution is 2.27. The number of hydrogen-bond donors (Lipinski definition) is 3. The molecule has 0 bridgehead atoms. The minimum absolute atomic E-state index is 0.204. The van der Waals surface area contributed by atoms with E-state index in [4.69, 9.17) is 4.74 Å². The van der Waals surface area contributed by atoms with Crippen LogP contribution in [0.2, 0.25) is 0 Å². The topological polar surface area (TPSA) is 117 Å². The molecule has 1 aliphatic rings. The van der Waals surface area contributed by atoms with Gasteiger partial charge in [-0.25, -0.2) is 9.59 Å². The van der Waals surface area contributed by atoms with Crippen LogP contribution in [0, 0.1) is 0 Å². The van der Waals surface area contributed by atoms with E-state index in [1.54, 1.807) is 31.2 Å². The lowest BCUT2D eigenvalue weighted by Crippen LogP contribution is -2.48. The molecule has 1 fully saturated rings. The zero-order valence-corrected chi connectivity index (χ0v) is 14.2. The largest absolute Gasteiger partial charge is 0.496 e. The Morgan fingerprint density at radius 3 is 2.60 bits per heavy atom. The maximum absolute atomic E-state index is 12.7. The molecule has 0 unspecified atom stereocenters. The number of carbonyl (C=O) groups excluding carboxylic acids is 4. The van der Waals surface area contributed by atoms with Crippen molar-refractivity contribution in [3.05, 3.63) is 29.8 Å². The molecule has 1 heterocycles. The highest BCUT2D eigenvalue weighted by molar-refractivity contribution is 6.09. The average molecular weight is 348 g/mol. The number of hydrogen-bond acceptors (Lipinski definition) is 5. The van der Waals surface area contributed by atoms with Gasteiger partial charge in [0.05, 0.1) is 7.11 Å². The number of urea groups is 2. The Labute approximate surface area is 144 Å². The summed E-state index contributed by atoms with van der Waals surface area (Å²) in [4.78, 5) is 48.5. The Balaban J connectivity index is 2.13. The van der Waals surface area contributed by atoms with Crippen LogP contribution in [0.3, 0.4) is 0 Å². The third-order valence-corrected chi connectivity index (χ3v) is 3.86.